The molecule has 0 aromatic carbocycles. The number of carbonyl (C=O) groups excluding carboxylic acids is 2. The minimum absolute atomic E-state index is 0.0170. The van der Waals surface area contributed by atoms with E-state index in [0.29, 0.717) is 5.92 Å². The Bertz CT molecular complexity index is 380. The summed E-state index contributed by atoms with van der Waals surface area (Å²) in [5.74, 6) is -1.14. The van der Waals surface area contributed by atoms with Crippen LogP contribution < -0.4 is 16.4 Å². The predicted molar refractivity (Wildman–Crippen MR) is 79.6 cm³/mol. The maximum atomic E-state index is 11.8. The highest BCUT2D eigenvalue weighted by atomic mass is 16.4. The SMILES string of the molecule is CC(C)C[C@H](CNC(=O)NC(C)(C)CC(N)=O)CC(=O)O. The summed E-state index contributed by atoms with van der Waals surface area (Å²) in [7, 11) is 0. The molecular formula is C14H27N3O4. The zero-order valence-electron chi connectivity index (χ0n) is 13.2. The molecule has 0 unspecified atom stereocenters. The van der Waals surface area contributed by atoms with Crippen LogP contribution in [0.25, 0.3) is 0 Å². The summed E-state index contributed by atoms with van der Waals surface area (Å²) < 4.78 is 0. The summed E-state index contributed by atoms with van der Waals surface area (Å²) in [5.41, 5.74) is 4.37. The van der Waals surface area contributed by atoms with Crippen LogP contribution in [-0.2, 0) is 9.59 Å². The van der Waals surface area contributed by atoms with E-state index in [2.05, 4.69) is 10.6 Å². The Morgan fingerprint density at radius 1 is 1.24 bits per heavy atom. The number of carboxylic acids is 1. The molecule has 0 bridgehead atoms. The van der Waals surface area contributed by atoms with Gasteiger partial charge in [-0.25, -0.2) is 4.79 Å². The smallest absolute Gasteiger partial charge is 0.315 e. The zero-order valence-corrected chi connectivity index (χ0v) is 13.2. The number of amides is 3. The van der Waals surface area contributed by atoms with Gasteiger partial charge in [0.1, 0.15) is 0 Å². The Hall–Kier alpha value is -1.79. The minimum Gasteiger partial charge on any atom is -0.481 e. The molecular weight excluding hydrogens is 274 g/mol. The van der Waals surface area contributed by atoms with E-state index in [4.69, 9.17) is 10.8 Å². The molecule has 0 aliphatic heterocycles. The van der Waals surface area contributed by atoms with Gasteiger partial charge in [0.15, 0.2) is 0 Å². The third-order valence-corrected chi connectivity index (χ3v) is 2.89. The monoisotopic (exact) mass is 301 g/mol. The fraction of sp³-hybridized carbons (Fsp3) is 0.786. The largest absolute Gasteiger partial charge is 0.481 e. The van der Waals surface area contributed by atoms with E-state index in [-0.39, 0.29) is 25.3 Å². The van der Waals surface area contributed by atoms with Gasteiger partial charge in [0.25, 0.3) is 0 Å². The highest BCUT2D eigenvalue weighted by Crippen LogP contribution is 2.15. The van der Waals surface area contributed by atoms with Gasteiger partial charge in [0.2, 0.25) is 5.91 Å². The van der Waals surface area contributed by atoms with Gasteiger partial charge >= 0.3 is 12.0 Å². The lowest BCUT2D eigenvalue weighted by molar-refractivity contribution is -0.138. The van der Waals surface area contributed by atoms with E-state index >= 15 is 0 Å². The normalized spacial score (nSPS) is 12.8. The second kappa shape index (κ2) is 8.49. The molecule has 0 aliphatic carbocycles. The molecule has 0 aliphatic rings. The summed E-state index contributed by atoms with van der Waals surface area (Å²) >= 11 is 0. The lowest BCUT2D eigenvalue weighted by atomic mass is 9.94. The molecule has 0 aromatic heterocycles. The van der Waals surface area contributed by atoms with Crippen LogP contribution >= 0.6 is 0 Å². The van der Waals surface area contributed by atoms with Crippen molar-refractivity contribution in [2.24, 2.45) is 17.6 Å². The maximum absolute atomic E-state index is 11.8. The Kier molecular flexibility index (Phi) is 7.76. The van der Waals surface area contributed by atoms with Crippen LogP contribution in [0.2, 0.25) is 0 Å². The number of nitrogens with two attached hydrogens (primary N) is 1. The fourth-order valence-corrected chi connectivity index (χ4v) is 2.22. The molecule has 0 saturated heterocycles. The highest BCUT2D eigenvalue weighted by Gasteiger charge is 2.23. The van der Waals surface area contributed by atoms with Crippen molar-refractivity contribution in [3.8, 4) is 0 Å². The van der Waals surface area contributed by atoms with Crippen molar-refractivity contribution in [1.82, 2.24) is 10.6 Å². The number of carboxylic acid groups (broad SMARTS) is 1. The van der Waals surface area contributed by atoms with Gasteiger partial charge < -0.3 is 21.5 Å². The topological polar surface area (TPSA) is 122 Å². The van der Waals surface area contributed by atoms with Crippen LogP contribution in [0.4, 0.5) is 4.79 Å². The van der Waals surface area contributed by atoms with E-state index in [1.807, 2.05) is 13.8 Å². The van der Waals surface area contributed by atoms with Crippen LogP contribution in [-0.4, -0.2) is 35.1 Å². The Morgan fingerprint density at radius 2 is 1.81 bits per heavy atom. The van der Waals surface area contributed by atoms with Gasteiger partial charge in [-0.05, 0) is 32.1 Å². The lowest BCUT2D eigenvalue weighted by Gasteiger charge is -2.26. The van der Waals surface area contributed by atoms with E-state index in [9.17, 15) is 14.4 Å². The number of primary amides is 1. The average molecular weight is 301 g/mol. The van der Waals surface area contributed by atoms with E-state index in [1.54, 1.807) is 13.8 Å². The third kappa shape index (κ3) is 10.6. The van der Waals surface area contributed by atoms with Crippen molar-refractivity contribution in [3.05, 3.63) is 0 Å². The Morgan fingerprint density at radius 3 is 2.24 bits per heavy atom. The van der Waals surface area contributed by atoms with Crippen LogP contribution in [0.5, 0.6) is 0 Å². The van der Waals surface area contributed by atoms with Gasteiger partial charge in [-0.3, -0.25) is 9.59 Å². The molecule has 122 valence electrons. The molecule has 21 heavy (non-hydrogen) atoms. The number of hydrogen-bond acceptors (Lipinski definition) is 3. The first-order valence-electron chi connectivity index (χ1n) is 7.08. The second-order valence-electron chi connectivity index (χ2n) is 6.46. The van der Waals surface area contributed by atoms with Gasteiger partial charge in [0.05, 0.1) is 0 Å². The van der Waals surface area contributed by atoms with Gasteiger partial charge in [-0.15, -0.1) is 0 Å². The second-order valence-corrected chi connectivity index (χ2v) is 6.46. The molecule has 1 atom stereocenters. The zero-order chi connectivity index (χ0) is 16.6. The van der Waals surface area contributed by atoms with Gasteiger partial charge in [0, 0.05) is 24.9 Å². The summed E-state index contributed by atoms with van der Waals surface area (Å²) in [4.78, 5) is 33.5. The van der Waals surface area contributed by atoms with Crippen LogP contribution in [0.15, 0.2) is 0 Å². The summed E-state index contributed by atoms with van der Waals surface area (Å²) in [6, 6.07) is -0.430. The quantitative estimate of drug-likeness (QED) is 0.509. The molecule has 0 fully saturated rings. The number of aliphatic carboxylic acids is 1. The molecule has 7 nitrogen and oxygen atoms in total. The summed E-state index contributed by atoms with van der Waals surface area (Å²) in [6.45, 7) is 7.68. The average Bonchev–Trinajstić information content (AvgIpc) is 2.21. The molecule has 0 saturated carbocycles. The molecule has 0 rings (SSSR count). The number of carbonyl (C=O) groups is 3. The van der Waals surface area contributed by atoms with Crippen molar-refractivity contribution in [3.63, 3.8) is 0 Å². The highest BCUT2D eigenvalue weighted by molar-refractivity contribution is 5.78. The van der Waals surface area contributed by atoms with Crippen molar-refractivity contribution in [2.75, 3.05) is 6.54 Å². The molecule has 0 aromatic rings. The minimum atomic E-state index is -0.878. The van der Waals surface area contributed by atoms with E-state index in [1.165, 1.54) is 0 Å². The predicted octanol–water partition coefficient (Wildman–Crippen LogP) is 1.08. The summed E-state index contributed by atoms with van der Waals surface area (Å²) in [6.07, 6.45) is 0.769. The summed E-state index contributed by atoms with van der Waals surface area (Å²) in [5, 5.41) is 14.2. The first-order chi connectivity index (χ1) is 9.51. The van der Waals surface area contributed by atoms with Crippen LogP contribution in [0.3, 0.4) is 0 Å². The molecule has 7 heteroatoms. The number of nitrogens with one attached hydrogen (secondary N) is 2. The Balaban J connectivity index is 4.35. The van der Waals surface area contributed by atoms with Crippen molar-refractivity contribution >= 4 is 17.9 Å². The number of rotatable bonds is 9. The third-order valence-electron chi connectivity index (χ3n) is 2.89. The molecule has 0 heterocycles. The van der Waals surface area contributed by atoms with Crippen molar-refractivity contribution in [2.45, 2.75) is 52.5 Å². The first kappa shape index (κ1) is 19.2. The van der Waals surface area contributed by atoms with Crippen molar-refractivity contribution < 1.29 is 19.5 Å². The van der Waals surface area contributed by atoms with Gasteiger partial charge in [-0.2, -0.15) is 0 Å². The first-order valence-corrected chi connectivity index (χ1v) is 7.08. The number of hydrogen-bond donors (Lipinski definition) is 4. The molecule has 3 amide bonds. The van der Waals surface area contributed by atoms with Gasteiger partial charge in [-0.1, -0.05) is 13.8 Å². The van der Waals surface area contributed by atoms with E-state index in [0.717, 1.165) is 6.42 Å². The number of urea groups is 1. The molecule has 0 spiro atoms. The van der Waals surface area contributed by atoms with Crippen molar-refractivity contribution in [1.29, 1.82) is 0 Å². The Labute approximate surface area is 125 Å². The lowest BCUT2D eigenvalue weighted by Crippen LogP contribution is -2.51. The fourth-order valence-electron chi connectivity index (χ4n) is 2.22. The maximum Gasteiger partial charge on any atom is 0.315 e. The standard InChI is InChI=1S/C14H27N3O4/c1-9(2)5-10(6-12(19)20)8-16-13(21)17-14(3,4)7-11(15)18/h9-10H,5-8H2,1-4H3,(H2,15,18)(H,19,20)(H2,16,17,21)/t10-/m0/s1. The van der Waals surface area contributed by atoms with E-state index < -0.39 is 23.4 Å². The van der Waals surface area contributed by atoms with Crippen LogP contribution in [0.1, 0.15) is 47.0 Å². The van der Waals surface area contributed by atoms with Crippen LogP contribution in [0, 0.1) is 11.8 Å². The molecule has 5 N–H and O–H groups in total. The molecule has 0 radical (unpaired) electrons.